The van der Waals surface area contributed by atoms with Gasteiger partial charge in [-0.1, -0.05) is 44.2 Å². The van der Waals surface area contributed by atoms with Crippen LogP contribution in [0.5, 0.6) is 0 Å². The van der Waals surface area contributed by atoms with Gasteiger partial charge in [-0.15, -0.1) is 11.8 Å². The van der Waals surface area contributed by atoms with E-state index in [1.54, 1.807) is 0 Å². The van der Waals surface area contributed by atoms with E-state index in [0.717, 1.165) is 22.5 Å². The first-order chi connectivity index (χ1) is 18.0. The molecule has 1 unspecified atom stereocenters. The molecule has 2 aliphatic heterocycles. The number of nitrogens with zero attached hydrogens (tertiary/aromatic N) is 2. The summed E-state index contributed by atoms with van der Waals surface area (Å²) in [4.78, 5) is 41.3. The van der Waals surface area contributed by atoms with E-state index in [4.69, 9.17) is 0 Å². The van der Waals surface area contributed by atoms with Gasteiger partial charge in [0.05, 0.1) is 6.04 Å². The van der Waals surface area contributed by atoms with Crippen molar-refractivity contribution in [2.24, 2.45) is 5.41 Å². The number of hydrogen-bond donors (Lipinski definition) is 1. The highest BCUT2D eigenvalue weighted by molar-refractivity contribution is 7.99. The molecule has 1 spiro atoms. The van der Waals surface area contributed by atoms with Crippen LogP contribution in [0.3, 0.4) is 0 Å². The van der Waals surface area contributed by atoms with Crippen molar-refractivity contribution in [3.63, 3.8) is 0 Å². The molecule has 0 aromatic heterocycles. The Morgan fingerprint density at radius 3 is 2.54 bits per heavy atom. The van der Waals surface area contributed by atoms with Gasteiger partial charge >= 0.3 is 0 Å². The van der Waals surface area contributed by atoms with Crippen LogP contribution in [0, 0.1) is 5.41 Å². The Morgan fingerprint density at radius 1 is 1.05 bits per heavy atom. The molecule has 1 atom stereocenters. The maximum Gasteiger partial charge on any atom is 0.243 e. The van der Waals surface area contributed by atoms with Crippen LogP contribution in [0.2, 0.25) is 0 Å². The lowest BCUT2D eigenvalue weighted by Gasteiger charge is -2.44. The van der Waals surface area contributed by atoms with Crippen LogP contribution in [0.15, 0.2) is 23.1 Å². The number of likely N-dealkylation sites (N-methyl/N-ethyl adjacent to an activating group) is 1. The van der Waals surface area contributed by atoms with Crippen LogP contribution in [-0.2, 0) is 16.1 Å². The van der Waals surface area contributed by atoms with Gasteiger partial charge in [0.25, 0.3) is 0 Å². The van der Waals surface area contributed by atoms with E-state index >= 15 is 0 Å². The van der Waals surface area contributed by atoms with E-state index in [-0.39, 0.29) is 17.9 Å². The third-order valence-electron chi connectivity index (χ3n) is 8.90. The number of carbonyl (C=O) groups excluding carboxylic acids is 3. The van der Waals surface area contributed by atoms with Crippen molar-refractivity contribution < 1.29 is 14.4 Å². The van der Waals surface area contributed by atoms with E-state index in [1.807, 2.05) is 35.8 Å². The molecule has 1 N–H and O–H groups in total. The lowest BCUT2D eigenvalue weighted by molar-refractivity contribution is -0.137. The van der Waals surface area contributed by atoms with Crippen LogP contribution >= 0.6 is 11.8 Å². The van der Waals surface area contributed by atoms with Crippen molar-refractivity contribution in [2.45, 2.75) is 101 Å². The van der Waals surface area contributed by atoms with Crippen molar-refractivity contribution >= 4 is 29.9 Å². The molecule has 2 heterocycles. The minimum absolute atomic E-state index is 0.206. The molecule has 1 aromatic rings. The van der Waals surface area contributed by atoms with Crippen molar-refractivity contribution in [3.8, 4) is 0 Å². The Hall–Kier alpha value is -1.70. The summed E-state index contributed by atoms with van der Waals surface area (Å²) in [5.41, 5.74) is 2.36. The second-order valence-corrected chi connectivity index (χ2v) is 12.6. The number of carbonyl (C=O) groups is 3. The minimum Gasteiger partial charge on any atom is -0.303 e. The quantitative estimate of drug-likeness (QED) is 0.169. The zero-order valence-electron chi connectivity index (χ0n) is 22.6. The Morgan fingerprint density at radius 2 is 1.81 bits per heavy atom. The van der Waals surface area contributed by atoms with E-state index in [0.29, 0.717) is 30.4 Å². The first-order valence-electron chi connectivity index (χ1n) is 14.5. The molecule has 37 heavy (non-hydrogen) atoms. The fourth-order valence-electron chi connectivity index (χ4n) is 6.49. The number of imide groups is 1. The summed E-state index contributed by atoms with van der Waals surface area (Å²) < 4.78 is 0. The van der Waals surface area contributed by atoms with E-state index < -0.39 is 0 Å². The first-order valence-corrected chi connectivity index (χ1v) is 15.4. The molecule has 0 radical (unpaired) electrons. The predicted octanol–water partition coefficient (Wildman–Crippen LogP) is 5.43. The lowest BCUT2D eigenvalue weighted by Crippen LogP contribution is -2.51. The average molecular weight is 528 g/mol. The highest BCUT2D eigenvalue weighted by Gasteiger charge is 2.35. The Kier molecular flexibility index (Phi) is 10.6. The third-order valence-corrected chi connectivity index (χ3v) is 10.1. The number of hydrogen-bond acceptors (Lipinski definition) is 6. The summed E-state index contributed by atoms with van der Waals surface area (Å²) in [6.07, 6.45) is 16.9. The second kappa shape index (κ2) is 13.9. The molecule has 7 heteroatoms. The van der Waals surface area contributed by atoms with Gasteiger partial charge in [0.2, 0.25) is 11.8 Å². The number of unbranched alkanes of at least 4 members (excludes halogenated alkanes) is 3. The summed E-state index contributed by atoms with van der Waals surface area (Å²) in [6.45, 7) is 4.38. The fourth-order valence-corrected chi connectivity index (χ4v) is 7.59. The summed E-state index contributed by atoms with van der Waals surface area (Å²) >= 11 is 1.81. The number of rotatable bonds is 12. The summed E-state index contributed by atoms with van der Waals surface area (Å²) in [7, 11) is 1.90. The fraction of sp³-hybridized carbons (Fsp3) is 0.700. The smallest absolute Gasteiger partial charge is 0.243 e. The maximum absolute atomic E-state index is 12.3. The normalized spacial score (nSPS) is 22.4. The van der Waals surface area contributed by atoms with E-state index in [1.165, 1.54) is 90.3 Å². The summed E-state index contributed by atoms with van der Waals surface area (Å²) in [5.74, 6) is 0.585. The number of likely N-dealkylation sites (tertiary alicyclic amines) is 1. The van der Waals surface area contributed by atoms with Gasteiger partial charge in [0, 0.05) is 23.4 Å². The molecule has 1 aliphatic carbocycles. The zero-order valence-corrected chi connectivity index (χ0v) is 23.5. The highest BCUT2D eigenvalue weighted by Crippen LogP contribution is 2.44. The number of aldehydes is 1. The number of benzene rings is 1. The maximum atomic E-state index is 12.3. The molecule has 2 saturated heterocycles. The molecular formula is C30H45N3O3S. The van der Waals surface area contributed by atoms with E-state index in [9.17, 15) is 14.4 Å². The van der Waals surface area contributed by atoms with Gasteiger partial charge in [0.15, 0.2) is 0 Å². The molecular weight excluding hydrogens is 482 g/mol. The minimum atomic E-state index is -0.344. The number of piperidine rings is 2. The largest absolute Gasteiger partial charge is 0.303 e. The Balaban J connectivity index is 1.16. The molecule has 4 rings (SSSR count). The highest BCUT2D eigenvalue weighted by atomic mass is 32.2. The lowest BCUT2D eigenvalue weighted by atomic mass is 9.68. The van der Waals surface area contributed by atoms with Crippen LogP contribution in [0.25, 0.3) is 0 Å². The molecule has 2 amide bonds. The van der Waals surface area contributed by atoms with Gasteiger partial charge in [-0.3, -0.25) is 24.6 Å². The number of thioether (sulfide) groups is 1. The van der Waals surface area contributed by atoms with Gasteiger partial charge in [-0.05, 0) is 94.4 Å². The van der Waals surface area contributed by atoms with Crippen molar-refractivity contribution in [2.75, 3.05) is 32.4 Å². The Labute approximate surface area is 227 Å². The molecule has 204 valence electrons. The van der Waals surface area contributed by atoms with Crippen LogP contribution in [0.4, 0.5) is 0 Å². The molecule has 3 fully saturated rings. The zero-order chi connectivity index (χ0) is 26.1. The Bertz CT molecular complexity index is 921. The topological polar surface area (TPSA) is 69.7 Å². The predicted molar refractivity (Wildman–Crippen MR) is 150 cm³/mol. The van der Waals surface area contributed by atoms with Crippen molar-refractivity contribution in [1.82, 2.24) is 15.1 Å². The standard InChI is InChI=1S/C30H45N3O3S/c1-32(26-12-13-28(35)31-29(26)36)22-25-24(23-34)10-9-11-27(25)37-21-8-3-2-7-18-33-19-16-30(17-20-33)14-5-4-6-15-30/h9-11,23,26H,2-8,12-22H2,1H3,(H,31,35,36). The van der Waals surface area contributed by atoms with Crippen molar-refractivity contribution in [3.05, 3.63) is 29.3 Å². The molecule has 0 bridgehead atoms. The summed E-state index contributed by atoms with van der Waals surface area (Å²) in [6, 6.07) is 5.53. The monoisotopic (exact) mass is 527 g/mol. The molecule has 6 nitrogen and oxygen atoms in total. The molecule has 3 aliphatic rings. The molecule has 1 saturated carbocycles. The first kappa shape index (κ1) is 28.3. The SMILES string of the molecule is CN(Cc1c(C=O)cccc1SCCCCCCN1CCC2(CCCCC2)CC1)C1CCC(=O)NC1=O. The van der Waals surface area contributed by atoms with Crippen LogP contribution in [0.1, 0.15) is 99.4 Å². The number of amides is 2. The number of nitrogens with one attached hydrogen (secondary N) is 1. The van der Waals surface area contributed by atoms with E-state index in [2.05, 4.69) is 16.3 Å². The van der Waals surface area contributed by atoms with Crippen molar-refractivity contribution in [1.29, 1.82) is 0 Å². The van der Waals surface area contributed by atoms with Gasteiger partial charge in [-0.2, -0.15) is 0 Å². The van der Waals surface area contributed by atoms with Crippen LogP contribution < -0.4 is 5.32 Å². The van der Waals surface area contributed by atoms with Gasteiger partial charge < -0.3 is 4.90 Å². The average Bonchev–Trinajstić information content (AvgIpc) is 2.90. The summed E-state index contributed by atoms with van der Waals surface area (Å²) in [5, 5.41) is 2.43. The van der Waals surface area contributed by atoms with Gasteiger partial charge in [-0.25, -0.2) is 0 Å². The van der Waals surface area contributed by atoms with Crippen LogP contribution in [-0.4, -0.2) is 66.4 Å². The third kappa shape index (κ3) is 7.90. The van der Waals surface area contributed by atoms with Gasteiger partial charge in [0.1, 0.15) is 6.29 Å². The molecule has 1 aromatic carbocycles. The second-order valence-electron chi connectivity index (χ2n) is 11.5.